The van der Waals surface area contributed by atoms with E-state index in [1.807, 2.05) is 78.9 Å². The van der Waals surface area contributed by atoms with E-state index in [1.54, 1.807) is 12.4 Å². The number of para-hydroxylation sites is 2. The number of nitrogens with zero attached hydrogens (tertiary/aromatic N) is 3. The Bertz CT molecular complexity index is 1600. The molecule has 214 valence electrons. The monoisotopic (exact) mass is 560 g/mol. The molecule has 0 aliphatic carbocycles. The summed E-state index contributed by atoms with van der Waals surface area (Å²) in [4.78, 5) is 15.5. The van der Waals surface area contributed by atoms with Crippen molar-refractivity contribution in [3.8, 4) is 17.2 Å². The average Bonchev–Trinajstić information content (AvgIpc) is 3.35. The van der Waals surface area contributed by atoms with Gasteiger partial charge in [0, 0.05) is 61.0 Å². The lowest BCUT2D eigenvalue weighted by Crippen LogP contribution is -2.26. The summed E-state index contributed by atoms with van der Waals surface area (Å²) in [7, 11) is 4.21. The molecule has 0 saturated carbocycles. The first kappa shape index (κ1) is 28.5. The summed E-state index contributed by atoms with van der Waals surface area (Å²) in [6.07, 6.45) is 7.40. The molecule has 0 spiro atoms. The summed E-state index contributed by atoms with van der Waals surface area (Å²) < 4.78 is 14.0. The highest BCUT2D eigenvalue weighted by molar-refractivity contribution is 5.84. The van der Waals surface area contributed by atoms with Crippen molar-refractivity contribution in [3.05, 3.63) is 127 Å². The van der Waals surface area contributed by atoms with Crippen LogP contribution in [-0.2, 0) is 18.3 Å². The number of nitrogens with one attached hydrogen (secondary N) is 1. The first-order valence-electron chi connectivity index (χ1n) is 14.0. The van der Waals surface area contributed by atoms with Gasteiger partial charge in [0.05, 0.1) is 0 Å². The second-order valence-corrected chi connectivity index (χ2v) is 10.1. The molecule has 0 fully saturated rings. The van der Waals surface area contributed by atoms with E-state index in [0.717, 1.165) is 54.5 Å². The van der Waals surface area contributed by atoms with Crippen molar-refractivity contribution in [2.75, 3.05) is 37.0 Å². The molecular formula is C35H36N4O3. The van der Waals surface area contributed by atoms with Gasteiger partial charge in [-0.1, -0.05) is 36.4 Å². The number of carbonyl (C=O) groups excluding carboxylic acids is 1. The molecule has 0 atom stereocenters. The first-order valence-corrected chi connectivity index (χ1v) is 14.0. The van der Waals surface area contributed by atoms with Gasteiger partial charge in [0.15, 0.2) is 0 Å². The summed E-state index contributed by atoms with van der Waals surface area (Å²) in [5.41, 5.74) is 4.26. The molecule has 0 unspecified atom stereocenters. The van der Waals surface area contributed by atoms with Gasteiger partial charge in [-0.25, -0.2) is 0 Å². The van der Waals surface area contributed by atoms with Crippen LogP contribution < -0.4 is 19.7 Å². The summed E-state index contributed by atoms with van der Waals surface area (Å²) in [6, 6.07) is 33.3. The molecule has 1 amide bonds. The zero-order valence-corrected chi connectivity index (χ0v) is 24.0. The Labute approximate surface area is 247 Å². The Morgan fingerprint density at radius 3 is 2.26 bits per heavy atom. The SMILES string of the molecule is CN(CCOc1ccc(N(C=O)/C=C\Nc2ccc(Oc3ccccc3)cc2)cc1)CCc1cn(C)c2ccccc12. The van der Waals surface area contributed by atoms with Gasteiger partial charge in [-0.2, -0.15) is 0 Å². The van der Waals surface area contributed by atoms with Crippen molar-refractivity contribution >= 4 is 28.7 Å². The Kier molecular flexibility index (Phi) is 9.54. The molecule has 4 aromatic carbocycles. The number of hydrogen-bond donors (Lipinski definition) is 1. The van der Waals surface area contributed by atoms with Crippen molar-refractivity contribution < 1.29 is 14.3 Å². The van der Waals surface area contributed by atoms with E-state index >= 15 is 0 Å². The summed E-state index contributed by atoms with van der Waals surface area (Å²) in [6.45, 7) is 2.36. The van der Waals surface area contributed by atoms with E-state index in [-0.39, 0.29) is 0 Å². The molecule has 7 nitrogen and oxygen atoms in total. The maximum Gasteiger partial charge on any atom is 0.218 e. The highest BCUT2D eigenvalue weighted by atomic mass is 16.5. The van der Waals surface area contributed by atoms with Gasteiger partial charge in [-0.05, 0) is 85.8 Å². The van der Waals surface area contributed by atoms with Crippen LogP contribution in [0.25, 0.3) is 10.9 Å². The molecule has 0 aliphatic rings. The molecule has 0 bridgehead atoms. The van der Waals surface area contributed by atoms with Crippen molar-refractivity contribution in [1.29, 1.82) is 0 Å². The number of aromatic nitrogens is 1. The van der Waals surface area contributed by atoms with E-state index in [0.29, 0.717) is 6.61 Å². The Balaban J connectivity index is 1.05. The van der Waals surface area contributed by atoms with Crippen LogP contribution in [0.15, 0.2) is 122 Å². The van der Waals surface area contributed by atoms with Crippen LogP contribution in [0, 0.1) is 0 Å². The average molecular weight is 561 g/mol. The van der Waals surface area contributed by atoms with Gasteiger partial charge < -0.3 is 24.3 Å². The second kappa shape index (κ2) is 14.1. The third-order valence-electron chi connectivity index (χ3n) is 7.05. The van der Waals surface area contributed by atoms with Crippen LogP contribution in [0.1, 0.15) is 5.56 Å². The lowest BCUT2D eigenvalue weighted by molar-refractivity contribution is -0.106. The fourth-order valence-corrected chi connectivity index (χ4v) is 4.72. The zero-order chi connectivity index (χ0) is 29.1. The van der Waals surface area contributed by atoms with Gasteiger partial charge in [0.1, 0.15) is 23.9 Å². The minimum Gasteiger partial charge on any atom is -0.492 e. The van der Waals surface area contributed by atoms with Crippen molar-refractivity contribution in [2.45, 2.75) is 6.42 Å². The van der Waals surface area contributed by atoms with Crippen LogP contribution in [0.2, 0.25) is 0 Å². The number of amides is 1. The van der Waals surface area contributed by atoms with Crippen molar-refractivity contribution in [2.24, 2.45) is 7.05 Å². The number of fused-ring (bicyclic) bond motifs is 1. The molecule has 42 heavy (non-hydrogen) atoms. The van der Waals surface area contributed by atoms with Crippen LogP contribution in [-0.4, -0.2) is 42.6 Å². The number of carbonyl (C=O) groups is 1. The Hall–Kier alpha value is -5.01. The van der Waals surface area contributed by atoms with Gasteiger partial charge >= 0.3 is 0 Å². The number of aryl methyl sites for hydroxylation is 1. The van der Waals surface area contributed by atoms with E-state index in [4.69, 9.17) is 9.47 Å². The molecule has 5 rings (SSSR count). The van der Waals surface area contributed by atoms with Crippen LogP contribution in [0.4, 0.5) is 11.4 Å². The third-order valence-corrected chi connectivity index (χ3v) is 7.05. The molecule has 0 saturated heterocycles. The molecule has 0 aliphatic heterocycles. The smallest absolute Gasteiger partial charge is 0.218 e. The summed E-state index contributed by atoms with van der Waals surface area (Å²) >= 11 is 0. The third kappa shape index (κ3) is 7.59. The number of ether oxygens (including phenoxy) is 2. The topological polar surface area (TPSA) is 59.0 Å². The minimum atomic E-state index is 0.585. The van der Waals surface area contributed by atoms with Gasteiger partial charge in [-0.15, -0.1) is 0 Å². The van der Waals surface area contributed by atoms with Gasteiger partial charge in [-0.3, -0.25) is 9.69 Å². The van der Waals surface area contributed by atoms with Gasteiger partial charge in [0.2, 0.25) is 6.41 Å². The van der Waals surface area contributed by atoms with Crippen LogP contribution in [0.3, 0.4) is 0 Å². The lowest BCUT2D eigenvalue weighted by Gasteiger charge is -2.17. The molecule has 1 aromatic heterocycles. The zero-order valence-electron chi connectivity index (χ0n) is 24.0. The maximum absolute atomic E-state index is 11.7. The quantitative estimate of drug-likeness (QED) is 0.147. The minimum absolute atomic E-state index is 0.585. The molecule has 7 heteroatoms. The second-order valence-electron chi connectivity index (χ2n) is 10.1. The summed E-state index contributed by atoms with van der Waals surface area (Å²) in [5, 5.41) is 4.51. The van der Waals surface area contributed by atoms with Crippen molar-refractivity contribution in [1.82, 2.24) is 9.47 Å². The highest BCUT2D eigenvalue weighted by Crippen LogP contribution is 2.24. The molecular weight excluding hydrogens is 524 g/mol. The standard InChI is InChI=1S/C35H36N4O3/c1-37(22-20-28-26-38(2)35-11-7-6-10-34(28)35)24-25-41-31-18-14-30(15-19-31)39(27-40)23-21-36-29-12-16-33(17-13-29)42-32-8-4-3-5-9-32/h3-19,21,23,26-27,36H,20,22,24-25H2,1-2H3/b23-21-. The Morgan fingerprint density at radius 1 is 0.810 bits per heavy atom. The van der Waals surface area contributed by atoms with Crippen molar-refractivity contribution in [3.63, 3.8) is 0 Å². The van der Waals surface area contributed by atoms with E-state index < -0.39 is 0 Å². The van der Waals surface area contributed by atoms with E-state index in [1.165, 1.54) is 21.4 Å². The number of likely N-dealkylation sites (N-methyl/N-ethyl adjacent to an activating group) is 1. The normalized spacial score (nSPS) is 11.2. The van der Waals surface area contributed by atoms with E-state index in [9.17, 15) is 4.79 Å². The maximum atomic E-state index is 11.7. The Morgan fingerprint density at radius 2 is 1.50 bits per heavy atom. The highest BCUT2D eigenvalue weighted by Gasteiger charge is 2.08. The van der Waals surface area contributed by atoms with Gasteiger partial charge in [0.25, 0.3) is 0 Å². The number of anilines is 2. The first-order chi connectivity index (χ1) is 20.6. The van der Waals surface area contributed by atoms with Crippen LogP contribution in [0.5, 0.6) is 17.2 Å². The number of rotatable bonds is 14. The number of benzene rings is 4. The number of hydrogen-bond acceptors (Lipinski definition) is 5. The fourth-order valence-electron chi connectivity index (χ4n) is 4.72. The van der Waals surface area contributed by atoms with Crippen LogP contribution >= 0.6 is 0 Å². The molecule has 5 aromatic rings. The molecule has 0 radical (unpaired) electrons. The van der Waals surface area contributed by atoms with E-state index in [2.05, 4.69) is 59.3 Å². The predicted octanol–water partition coefficient (Wildman–Crippen LogP) is 7.07. The summed E-state index contributed by atoms with van der Waals surface area (Å²) in [5.74, 6) is 2.31. The molecule has 1 heterocycles. The fraction of sp³-hybridized carbons (Fsp3) is 0.171. The molecule has 1 N–H and O–H groups in total. The lowest BCUT2D eigenvalue weighted by atomic mass is 10.1. The largest absolute Gasteiger partial charge is 0.492 e. The predicted molar refractivity (Wildman–Crippen MR) is 170 cm³/mol.